The van der Waals surface area contributed by atoms with Crippen molar-refractivity contribution in [2.24, 2.45) is 0 Å². The number of carbonyl (C=O) groups is 1. The molecule has 72 heavy (non-hydrogen) atoms. The van der Waals surface area contributed by atoms with Crippen molar-refractivity contribution >= 4 is 5.97 Å². The lowest BCUT2D eigenvalue weighted by atomic mass is 9.95. The highest BCUT2D eigenvalue weighted by Crippen LogP contribution is 2.37. The van der Waals surface area contributed by atoms with Gasteiger partial charge in [0.05, 0.1) is 38.1 Å². The number of unbranched alkanes of at least 4 members (excludes halogenated alkanes) is 8. The Morgan fingerprint density at radius 2 is 0.889 bits per heavy atom. The second-order valence-corrected chi connectivity index (χ2v) is 19.6. The van der Waals surface area contributed by atoms with Crippen LogP contribution in [0.4, 0.5) is 0 Å². The number of rotatable bonds is 27. The number of aliphatic hydroxyl groups is 14. The van der Waals surface area contributed by atoms with Crippen LogP contribution < -0.4 is 0 Å². The van der Waals surface area contributed by atoms with Crippen LogP contribution in [0.5, 0.6) is 0 Å². The quantitative estimate of drug-likeness (QED) is 0.0346. The van der Waals surface area contributed by atoms with Crippen molar-refractivity contribution in [1.82, 2.24) is 0 Å². The van der Waals surface area contributed by atoms with Crippen LogP contribution >= 0.6 is 0 Å². The van der Waals surface area contributed by atoms with Gasteiger partial charge in [-0.2, -0.15) is 0 Å². The van der Waals surface area contributed by atoms with Gasteiger partial charge in [-0.05, 0) is 33.1 Å². The molecule has 5 saturated heterocycles. The Hall–Kier alpha value is -1.49. The largest absolute Gasteiger partial charge is 0.481 e. The Morgan fingerprint density at radius 3 is 1.49 bits per heavy atom. The third-order valence-electron chi connectivity index (χ3n) is 14.1. The molecule has 26 atom stereocenters. The zero-order chi connectivity index (χ0) is 53.0. The zero-order valence-corrected chi connectivity index (χ0v) is 41.0. The van der Waals surface area contributed by atoms with Gasteiger partial charge in [0.1, 0.15) is 110 Å². The van der Waals surface area contributed by atoms with Crippen LogP contribution in [0.2, 0.25) is 0 Å². The van der Waals surface area contributed by atoms with Crippen LogP contribution in [0, 0.1) is 0 Å². The minimum Gasteiger partial charge on any atom is -0.481 e. The zero-order valence-electron chi connectivity index (χ0n) is 41.0. The molecule has 0 spiro atoms. The third kappa shape index (κ3) is 15.8. The molecule has 0 bridgehead atoms. The molecular formula is C46H82O26. The molecule has 26 heteroatoms. The van der Waals surface area contributed by atoms with Crippen LogP contribution in [-0.2, 0) is 52.2 Å². The van der Waals surface area contributed by atoms with E-state index in [4.69, 9.17) is 52.5 Å². The molecule has 15 N–H and O–H groups in total. The van der Waals surface area contributed by atoms with Gasteiger partial charge in [0.15, 0.2) is 31.5 Å². The molecule has 5 aliphatic heterocycles. The van der Waals surface area contributed by atoms with Crippen molar-refractivity contribution in [1.29, 1.82) is 0 Å². The molecule has 0 aromatic rings. The van der Waals surface area contributed by atoms with E-state index in [1.807, 2.05) is 6.92 Å². The van der Waals surface area contributed by atoms with Crippen molar-refractivity contribution in [3.63, 3.8) is 0 Å². The fraction of sp³-hybridized carbons (Fsp3) is 0.978. The first-order valence-corrected chi connectivity index (χ1v) is 25.3. The molecule has 5 heterocycles. The Balaban J connectivity index is 1.40. The minimum atomic E-state index is -2.11. The maximum atomic E-state index is 11.8. The maximum Gasteiger partial charge on any atom is 0.303 e. The molecule has 0 saturated carbocycles. The second kappa shape index (κ2) is 29.3. The highest BCUT2D eigenvalue weighted by Gasteiger charge is 2.57. The van der Waals surface area contributed by atoms with Gasteiger partial charge in [0, 0.05) is 6.42 Å². The predicted molar refractivity (Wildman–Crippen MR) is 240 cm³/mol. The average molecular weight is 1050 g/mol. The fourth-order valence-electron chi connectivity index (χ4n) is 9.48. The monoisotopic (exact) mass is 1050 g/mol. The number of hydrogen-bond acceptors (Lipinski definition) is 25. The summed E-state index contributed by atoms with van der Waals surface area (Å²) in [5.41, 5.74) is 0. The van der Waals surface area contributed by atoms with Gasteiger partial charge in [0.2, 0.25) is 0 Å². The van der Waals surface area contributed by atoms with E-state index < -0.39 is 185 Å². The molecule has 26 nitrogen and oxygen atoms in total. The van der Waals surface area contributed by atoms with E-state index in [9.17, 15) is 76.3 Å². The van der Waals surface area contributed by atoms with Gasteiger partial charge < -0.3 is 124 Å². The van der Waals surface area contributed by atoms with Crippen molar-refractivity contribution in [3.05, 3.63) is 0 Å². The summed E-state index contributed by atoms with van der Waals surface area (Å²) < 4.78 is 59.9. The summed E-state index contributed by atoms with van der Waals surface area (Å²) >= 11 is 0. The summed E-state index contributed by atoms with van der Waals surface area (Å²) in [5, 5.41) is 160. The lowest BCUT2D eigenvalue weighted by Crippen LogP contribution is -2.68. The van der Waals surface area contributed by atoms with E-state index in [0.717, 1.165) is 57.8 Å². The molecule has 422 valence electrons. The third-order valence-corrected chi connectivity index (χ3v) is 14.1. The van der Waals surface area contributed by atoms with Crippen molar-refractivity contribution in [3.8, 4) is 0 Å². The summed E-state index contributed by atoms with van der Waals surface area (Å²) in [4.78, 5) is 10.8. The first kappa shape index (κ1) is 61.4. The highest BCUT2D eigenvalue weighted by molar-refractivity contribution is 5.66. The molecule has 0 unspecified atom stereocenters. The summed E-state index contributed by atoms with van der Waals surface area (Å²) in [5.74, 6) is -0.820. The highest BCUT2D eigenvalue weighted by atomic mass is 16.8. The lowest BCUT2D eigenvalue weighted by Gasteiger charge is -2.50. The van der Waals surface area contributed by atoms with Crippen LogP contribution in [0.3, 0.4) is 0 Å². The summed E-state index contributed by atoms with van der Waals surface area (Å²) in [6.07, 6.45) is -34.2. The molecule has 0 amide bonds. The lowest BCUT2D eigenvalue weighted by molar-refractivity contribution is -0.410. The van der Waals surface area contributed by atoms with E-state index in [2.05, 4.69) is 0 Å². The van der Waals surface area contributed by atoms with Gasteiger partial charge in [0.25, 0.3) is 0 Å². The summed E-state index contributed by atoms with van der Waals surface area (Å²) in [7, 11) is 0. The van der Waals surface area contributed by atoms with Gasteiger partial charge in [-0.3, -0.25) is 4.79 Å². The summed E-state index contributed by atoms with van der Waals surface area (Å²) in [6.45, 7) is 2.44. The normalized spacial score (nSPS) is 44.4. The first-order chi connectivity index (χ1) is 34.2. The number of carboxylic acids is 1. The molecule has 5 rings (SSSR count). The number of aliphatic carboxylic acids is 1. The minimum absolute atomic E-state index is 0.134. The first-order valence-electron chi connectivity index (χ1n) is 25.3. The molecule has 0 aliphatic carbocycles. The molecule has 0 aromatic carbocycles. The van der Waals surface area contributed by atoms with Crippen LogP contribution in [0.1, 0.15) is 104 Å². The Bertz CT molecular complexity index is 1550. The maximum absolute atomic E-state index is 11.8. The Morgan fingerprint density at radius 1 is 0.444 bits per heavy atom. The van der Waals surface area contributed by atoms with Crippen LogP contribution in [0.25, 0.3) is 0 Å². The molecule has 5 fully saturated rings. The van der Waals surface area contributed by atoms with Crippen LogP contribution in [0.15, 0.2) is 0 Å². The predicted octanol–water partition coefficient (Wildman–Crippen LogP) is -4.30. The van der Waals surface area contributed by atoms with E-state index in [1.165, 1.54) is 13.8 Å². The average Bonchev–Trinajstić information content (AvgIpc) is 3.35. The van der Waals surface area contributed by atoms with Crippen molar-refractivity contribution in [2.75, 3.05) is 19.8 Å². The standard InChI is InChI=1S/C46H82O26/c1-4-5-11-14-22(15-12-9-7-6-8-10-13-16-26(49)50)66-45-40(35(59)28(52)21(3)65-45)71-46-41(72-43-37(61)32(56)27(51)20(2)64-43)39(31(55)24(18-48)68-46)70-44-38(62)34(58)30(54)25(69-44)19-63-42-36(60)33(57)29(53)23(17-47)67-42/h20-25,27-48,51-62H,4-19H2,1-3H3,(H,49,50)/t20-,21+,22-,23+,24+,25+,27-,28+,29+,30+,31+,32+,33-,34-,35-,36+,37+,38+,39-,40+,41+,42+,43-,44-,45-,46-/m0/s1. The fourth-order valence-corrected chi connectivity index (χ4v) is 9.48. The van der Waals surface area contributed by atoms with E-state index in [1.54, 1.807) is 0 Å². The van der Waals surface area contributed by atoms with Gasteiger partial charge in [-0.15, -0.1) is 0 Å². The van der Waals surface area contributed by atoms with Crippen molar-refractivity contribution < 1.29 is 129 Å². The SMILES string of the molecule is CCCCC[C@@H](CCCCCCCCCC(=O)O)O[C@@H]1O[C@H](C)[C@@H](O)[C@H](O)[C@H]1O[C@@H]1O[C@H](CO)[C@@H](O)[C@H](O[C@@H]2O[C@H](CO[C@@H]3O[C@H](CO)[C@@H](O)[C@H](O)[C@H]3O)[C@@H](O)[C@H](O)[C@H]2O)[C@H]1O[C@@H]1O[C@@H](C)[C@H](O)[C@@H](O)[C@H]1O. The number of carboxylic acid groups (broad SMARTS) is 1. The topological polar surface area (TPSA) is 413 Å². The molecule has 0 radical (unpaired) electrons. The Kier molecular flexibility index (Phi) is 25.0. The van der Waals surface area contributed by atoms with E-state index >= 15 is 0 Å². The van der Waals surface area contributed by atoms with Crippen LogP contribution in [-0.4, -0.2) is 262 Å². The van der Waals surface area contributed by atoms with Gasteiger partial charge >= 0.3 is 5.97 Å². The molecule has 5 aliphatic rings. The van der Waals surface area contributed by atoms with Gasteiger partial charge in [-0.25, -0.2) is 0 Å². The number of hydrogen-bond donors (Lipinski definition) is 15. The second-order valence-electron chi connectivity index (χ2n) is 19.6. The van der Waals surface area contributed by atoms with Crippen molar-refractivity contribution in [2.45, 2.75) is 264 Å². The molecule has 0 aromatic heterocycles. The molecular weight excluding hydrogens is 968 g/mol. The van der Waals surface area contributed by atoms with Gasteiger partial charge in [-0.1, -0.05) is 64.7 Å². The Labute approximate surface area is 417 Å². The smallest absolute Gasteiger partial charge is 0.303 e. The summed E-state index contributed by atoms with van der Waals surface area (Å²) in [6, 6.07) is 0. The van der Waals surface area contributed by atoms with E-state index in [-0.39, 0.29) is 6.42 Å². The number of ether oxygens (including phenoxy) is 10. The van der Waals surface area contributed by atoms with E-state index in [0.29, 0.717) is 19.3 Å². The number of aliphatic hydroxyl groups excluding tert-OH is 14.